The summed E-state index contributed by atoms with van der Waals surface area (Å²) in [5.74, 6) is -3.68. The first-order valence-corrected chi connectivity index (χ1v) is 9.70. The molecule has 8 nitrogen and oxygen atoms in total. The van der Waals surface area contributed by atoms with Crippen LogP contribution >= 0.6 is 0 Å². The molecule has 28 heavy (non-hydrogen) atoms. The van der Waals surface area contributed by atoms with E-state index in [0.29, 0.717) is 6.42 Å². The first-order valence-electron chi connectivity index (χ1n) is 8.29. The molecule has 0 aromatic heterocycles. The van der Waals surface area contributed by atoms with Crippen LogP contribution in [-0.2, 0) is 33.9 Å². The van der Waals surface area contributed by atoms with Gasteiger partial charge >= 0.3 is 17.7 Å². The highest BCUT2D eigenvalue weighted by atomic mass is 32.2. The molecule has 170 valence electrons. The van der Waals surface area contributed by atoms with Crippen molar-refractivity contribution >= 4 is 22.1 Å². The van der Waals surface area contributed by atoms with E-state index < -0.39 is 43.4 Å². The highest BCUT2D eigenvalue weighted by Crippen LogP contribution is 2.38. The van der Waals surface area contributed by atoms with Crippen molar-refractivity contribution < 1.29 is 36.8 Å². The lowest BCUT2D eigenvalue weighted by molar-refractivity contribution is -0.247. The molecule has 0 aliphatic carbocycles. The summed E-state index contributed by atoms with van der Waals surface area (Å²) >= 11 is 0. The van der Waals surface area contributed by atoms with E-state index in [9.17, 15) is 22.6 Å². The van der Waals surface area contributed by atoms with Crippen LogP contribution in [0.2, 0.25) is 0 Å². The molecule has 9 heteroatoms. The fourth-order valence-corrected chi connectivity index (χ4v) is 2.34. The summed E-state index contributed by atoms with van der Waals surface area (Å²) in [5, 5.41) is 0. The first-order chi connectivity index (χ1) is 11.4. The molecular formula is C19H39O8S-. The van der Waals surface area contributed by atoms with Gasteiger partial charge in [-0.05, 0) is 34.1 Å². The monoisotopic (exact) mass is 427 g/mol. The minimum atomic E-state index is -4.66. The maximum absolute atomic E-state index is 12.4. The van der Waals surface area contributed by atoms with E-state index in [2.05, 4.69) is 4.74 Å². The van der Waals surface area contributed by atoms with Gasteiger partial charge in [-0.2, -0.15) is 0 Å². The number of hydrogen-bond acceptors (Lipinski definition) is 8. The summed E-state index contributed by atoms with van der Waals surface area (Å²) in [4.78, 5) is 24.5. The zero-order chi connectivity index (χ0) is 21.2. The summed E-state index contributed by atoms with van der Waals surface area (Å²) in [7, 11) is -3.55. The fourth-order valence-electron chi connectivity index (χ4n) is 1.61. The Hall–Kier alpha value is -1.19. The van der Waals surface area contributed by atoms with Crippen LogP contribution in [0.4, 0.5) is 0 Å². The predicted molar refractivity (Wildman–Crippen MR) is 108 cm³/mol. The Bertz CT molecular complexity index is 634. The molecule has 0 heterocycles. The van der Waals surface area contributed by atoms with Crippen LogP contribution in [0.1, 0.15) is 76.7 Å². The van der Waals surface area contributed by atoms with E-state index >= 15 is 0 Å². The van der Waals surface area contributed by atoms with Crippen LogP contribution in [0.5, 0.6) is 0 Å². The number of rotatable bonds is 9. The topological polar surface area (TPSA) is 119 Å². The summed E-state index contributed by atoms with van der Waals surface area (Å²) in [6, 6.07) is 0. The molecule has 0 aliphatic rings. The highest BCUT2D eigenvalue weighted by Gasteiger charge is 2.48. The highest BCUT2D eigenvalue weighted by molar-refractivity contribution is 7.87. The second-order valence-corrected chi connectivity index (χ2v) is 10.1. The summed E-state index contributed by atoms with van der Waals surface area (Å²) < 4.78 is 48.5. The van der Waals surface area contributed by atoms with Crippen molar-refractivity contribution in [1.82, 2.24) is 0 Å². The zero-order valence-electron chi connectivity index (χ0n) is 17.1. The molecule has 0 radical (unpaired) electrons. The van der Waals surface area contributed by atoms with Gasteiger partial charge in [0.2, 0.25) is 0 Å². The Kier molecular flexibility index (Phi) is 11.3. The first kappa shape index (κ1) is 31.5. The fraction of sp³-hybridized carbons (Fsp3) is 0.895. The third kappa shape index (κ3) is 6.70. The minimum absolute atomic E-state index is 0. The van der Waals surface area contributed by atoms with Crippen LogP contribution < -0.4 is 0 Å². The molecule has 0 aliphatic heterocycles. The maximum atomic E-state index is 12.4. The van der Waals surface area contributed by atoms with Crippen molar-refractivity contribution in [3.05, 3.63) is 0 Å². The molecule has 0 fully saturated rings. The number of hydrogen-bond donors (Lipinski definition) is 0. The van der Waals surface area contributed by atoms with Crippen molar-refractivity contribution in [2.24, 2.45) is 10.8 Å². The van der Waals surface area contributed by atoms with Gasteiger partial charge in [-0.25, -0.2) is 13.2 Å². The van der Waals surface area contributed by atoms with Gasteiger partial charge in [-0.3, -0.25) is 4.79 Å². The summed E-state index contributed by atoms with van der Waals surface area (Å²) in [6.45, 7) is 11.6. The molecule has 0 amide bonds. The van der Waals surface area contributed by atoms with Gasteiger partial charge in [-0.1, -0.05) is 35.6 Å². The average molecular weight is 428 g/mol. The number of esters is 2. The third-order valence-electron chi connectivity index (χ3n) is 5.24. The van der Waals surface area contributed by atoms with E-state index in [1.165, 1.54) is 34.6 Å². The van der Waals surface area contributed by atoms with E-state index in [1.54, 1.807) is 20.8 Å². The molecule has 0 saturated heterocycles. The van der Waals surface area contributed by atoms with Gasteiger partial charge in [0.1, 0.15) is 10.1 Å². The van der Waals surface area contributed by atoms with E-state index in [-0.39, 0.29) is 21.5 Å². The van der Waals surface area contributed by atoms with Crippen molar-refractivity contribution in [3.63, 3.8) is 0 Å². The Balaban J connectivity index is -0.00000312. The van der Waals surface area contributed by atoms with E-state index in [4.69, 9.17) is 9.47 Å². The quantitative estimate of drug-likeness (QED) is 0.311. The molecular weight excluding hydrogens is 388 g/mol. The molecule has 0 N–H and O–H groups in total. The molecule has 0 spiro atoms. The molecule has 1 unspecified atom stereocenters. The van der Waals surface area contributed by atoms with Crippen LogP contribution in [0, 0.1) is 10.8 Å². The summed E-state index contributed by atoms with van der Waals surface area (Å²) in [6.07, 6.45) is 0.468. The molecule has 0 rings (SSSR count). The Morgan fingerprint density at radius 1 is 0.929 bits per heavy atom. The van der Waals surface area contributed by atoms with Gasteiger partial charge in [0.05, 0.1) is 23.9 Å². The smallest absolute Gasteiger partial charge is 0.379 e. The lowest BCUT2D eigenvalue weighted by atomic mass is 9.81. The Labute approximate surface area is 171 Å². The normalized spacial score (nSPS) is 14.8. The van der Waals surface area contributed by atoms with Crippen molar-refractivity contribution in [2.75, 3.05) is 13.7 Å². The predicted octanol–water partition coefficient (Wildman–Crippen LogP) is 3.49. The van der Waals surface area contributed by atoms with Gasteiger partial charge in [0.25, 0.3) is 0 Å². The van der Waals surface area contributed by atoms with Crippen LogP contribution in [0.15, 0.2) is 0 Å². The second kappa shape index (κ2) is 10.0. The Morgan fingerprint density at radius 3 is 1.68 bits per heavy atom. The van der Waals surface area contributed by atoms with Crippen molar-refractivity contribution in [1.29, 1.82) is 0 Å². The molecule has 0 aromatic rings. The maximum Gasteiger partial charge on any atom is 0.379 e. The van der Waals surface area contributed by atoms with Crippen molar-refractivity contribution in [2.45, 2.75) is 87.2 Å². The van der Waals surface area contributed by atoms with Crippen molar-refractivity contribution in [3.8, 4) is 0 Å². The Morgan fingerprint density at radius 2 is 1.36 bits per heavy atom. The second-order valence-electron chi connectivity index (χ2n) is 8.20. The lowest BCUT2D eigenvalue weighted by Gasteiger charge is -2.44. The third-order valence-corrected chi connectivity index (χ3v) is 7.05. The lowest BCUT2D eigenvalue weighted by Crippen LogP contribution is -2.53. The zero-order valence-corrected chi connectivity index (χ0v) is 17.9. The number of carbonyl (C=O) groups excluding carboxylic acids is 2. The van der Waals surface area contributed by atoms with Gasteiger partial charge < -0.3 is 18.8 Å². The van der Waals surface area contributed by atoms with Crippen LogP contribution in [-0.4, -0.2) is 49.2 Å². The van der Waals surface area contributed by atoms with E-state index in [0.717, 1.165) is 7.11 Å². The molecule has 1 atom stereocenters. The summed E-state index contributed by atoms with van der Waals surface area (Å²) in [5.41, 5.74) is -2.04. The van der Waals surface area contributed by atoms with Crippen LogP contribution in [0.25, 0.3) is 0 Å². The van der Waals surface area contributed by atoms with E-state index in [1.807, 2.05) is 0 Å². The number of ether oxygens (including phenoxy) is 3. The average Bonchev–Trinajstić information content (AvgIpc) is 2.50. The van der Waals surface area contributed by atoms with Gasteiger partial charge in [0.15, 0.2) is 0 Å². The van der Waals surface area contributed by atoms with Gasteiger partial charge in [0, 0.05) is 12.3 Å². The minimum Gasteiger partial charge on any atom is -0.748 e. The molecule has 0 aromatic carbocycles. The van der Waals surface area contributed by atoms with Gasteiger partial charge in [-0.15, -0.1) is 0 Å². The van der Waals surface area contributed by atoms with Crippen LogP contribution in [0.3, 0.4) is 0 Å². The number of methoxy groups -OCH3 is 1. The number of carbonyl (C=O) groups is 2. The molecule has 0 saturated carbocycles. The largest absolute Gasteiger partial charge is 0.748 e. The molecule has 0 bridgehead atoms. The SMILES string of the molecule is C.C.CCC(C)(C)C(=O)OC(C)(OCC(C)(C)C(C)(C)S(=O)(=O)[O-])C(=O)OC. The standard InChI is InChI=1S/C17H32O8S.2CH4/c1-10-14(2,3)12(18)25-17(8,13(19)23-9)24-11-15(4,5)16(6,7)26(20,21)22;;/h10-11H2,1-9H3,(H,20,21,22);2*1H4/p-1.